The number of oxime groups is 1. The lowest BCUT2D eigenvalue weighted by atomic mass is 10.2. The number of nitrogens with zero attached hydrogens (tertiary/aromatic N) is 2. The van der Waals surface area contributed by atoms with Gasteiger partial charge in [0.05, 0.1) is 0 Å². The van der Waals surface area contributed by atoms with Crippen molar-refractivity contribution >= 4 is 5.84 Å². The van der Waals surface area contributed by atoms with E-state index in [9.17, 15) is 0 Å². The van der Waals surface area contributed by atoms with Crippen LogP contribution < -0.4 is 5.73 Å². The van der Waals surface area contributed by atoms with Gasteiger partial charge in [0.15, 0.2) is 0 Å². The molecule has 0 aliphatic carbocycles. The Bertz CT molecular complexity index is 208. The molecule has 0 aromatic heterocycles. The number of hydrogen-bond acceptors (Lipinski definition) is 4. The number of ether oxygens (including phenoxy) is 1. The van der Waals surface area contributed by atoms with Crippen LogP contribution in [0.2, 0.25) is 0 Å². The molecule has 0 aromatic carbocycles. The fraction of sp³-hybridized carbons (Fsp3) is 0.917. The summed E-state index contributed by atoms with van der Waals surface area (Å²) in [5.74, 6) is 0.931. The Morgan fingerprint density at radius 2 is 2.06 bits per heavy atom. The Hall–Kier alpha value is -0.810. The van der Waals surface area contributed by atoms with Crippen molar-refractivity contribution in [2.75, 3.05) is 33.4 Å². The van der Waals surface area contributed by atoms with Crippen LogP contribution in [0.15, 0.2) is 5.16 Å². The molecule has 5 nitrogen and oxygen atoms in total. The monoisotopic (exact) mass is 245 g/mol. The highest BCUT2D eigenvalue weighted by Gasteiger charge is 2.08. The first-order chi connectivity index (χ1) is 8.10. The zero-order valence-electron chi connectivity index (χ0n) is 11.4. The molecule has 0 bridgehead atoms. The van der Waals surface area contributed by atoms with Gasteiger partial charge < -0.3 is 20.6 Å². The number of nitrogens with two attached hydrogens (primary N) is 1. The highest BCUT2D eigenvalue weighted by molar-refractivity contribution is 5.79. The lowest BCUT2D eigenvalue weighted by molar-refractivity contribution is 0.181. The van der Waals surface area contributed by atoms with Gasteiger partial charge in [-0.2, -0.15) is 0 Å². The number of methoxy groups -OCH3 is 1. The Morgan fingerprint density at radius 3 is 2.59 bits per heavy atom. The molecule has 0 radical (unpaired) electrons. The van der Waals surface area contributed by atoms with Gasteiger partial charge in [-0.3, -0.25) is 0 Å². The highest BCUT2D eigenvalue weighted by atomic mass is 16.5. The van der Waals surface area contributed by atoms with Crippen molar-refractivity contribution in [3.63, 3.8) is 0 Å². The molecule has 0 heterocycles. The third-order valence-corrected chi connectivity index (χ3v) is 2.51. The topological polar surface area (TPSA) is 71.1 Å². The molecule has 0 saturated heterocycles. The molecule has 0 aliphatic heterocycles. The summed E-state index contributed by atoms with van der Waals surface area (Å²) in [5.41, 5.74) is 5.48. The second-order valence-electron chi connectivity index (χ2n) is 4.74. The minimum atomic E-state index is 0.302. The summed E-state index contributed by atoms with van der Waals surface area (Å²) in [6.07, 6.45) is 2.82. The summed E-state index contributed by atoms with van der Waals surface area (Å²) >= 11 is 0. The van der Waals surface area contributed by atoms with Crippen LogP contribution in [-0.4, -0.2) is 49.3 Å². The standard InChI is InChI=1S/C12H27N3O2/c1-11(2)10-15(7-4-5-9-17-3)8-6-12(13)14-16/h11,16H,4-10H2,1-3H3,(H2,13,14). The first-order valence-corrected chi connectivity index (χ1v) is 6.27. The van der Waals surface area contributed by atoms with Gasteiger partial charge in [-0.15, -0.1) is 0 Å². The van der Waals surface area contributed by atoms with Crippen LogP contribution in [0.1, 0.15) is 33.1 Å². The molecule has 3 N–H and O–H groups in total. The number of rotatable bonds is 10. The third-order valence-electron chi connectivity index (χ3n) is 2.51. The number of unbranched alkanes of at least 4 members (excludes halogenated alkanes) is 1. The zero-order chi connectivity index (χ0) is 13.1. The summed E-state index contributed by atoms with van der Waals surface area (Å²) in [4.78, 5) is 2.36. The second-order valence-corrected chi connectivity index (χ2v) is 4.74. The van der Waals surface area contributed by atoms with Crippen molar-refractivity contribution in [2.24, 2.45) is 16.8 Å². The van der Waals surface area contributed by atoms with Crippen molar-refractivity contribution in [3.8, 4) is 0 Å². The van der Waals surface area contributed by atoms with Gasteiger partial charge in [-0.1, -0.05) is 19.0 Å². The maximum Gasteiger partial charge on any atom is 0.140 e. The SMILES string of the molecule is COCCCCN(CCC(N)=NO)CC(C)C. The van der Waals surface area contributed by atoms with Gasteiger partial charge in [-0.05, 0) is 25.3 Å². The molecule has 17 heavy (non-hydrogen) atoms. The van der Waals surface area contributed by atoms with E-state index in [-0.39, 0.29) is 0 Å². The van der Waals surface area contributed by atoms with Gasteiger partial charge in [-0.25, -0.2) is 0 Å². The molecule has 0 unspecified atom stereocenters. The molecule has 0 fully saturated rings. The van der Waals surface area contributed by atoms with Crippen molar-refractivity contribution in [1.29, 1.82) is 0 Å². The molecule has 0 atom stereocenters. The van der Waals surface area contributed by atoms with Crippen LogP contribution in [0.4, 0.5) is 0 Å². The van der Waals surface area contributed by atoms with Gasteiger partial charge in [0.1, 0.15) is 5.84 Å². The van der Waals surface area contributed by atoms with Crippen LogP contribution in [0.5, 0.6) is 0 Å². The molecule has 0 saturated carbocycles. The van der Waals surface area contributed by atoms with Crippen LogP contribution in [0.25, 0.3) is 0 Å². The van der Waals surface area contributed by atoms with Gasteiger partial charge in [0.2, 0.25) is 0 Å². The summed E-state index contributed by atoms with van der Waals surface area (Å²) in [6.45, 7) is 8.15. The number of hydrogen-bond donors (Lipinski definition) is 2. The second kappa shape index (κ2) is 10.4. The summed E-state index contributed by atoms with van der Waals surface area (Å²) < 4.78 is 5.03. The van der Waals surface area contributed by atoms with E-state index in [4.69, 9.17) is 15.7 Å². The minimum absolute atomic E-state index is 0.302. The lowest BCUT2D eigenvalue weighted by Gasteiger charge is -2.23. The average Bonchev–Trinajstić information content (AvgIpc) is 2.30. The predicted molar refractivity (Wildman–Crippen MR) is 70.4 cm³/mol. The molecular weight excluding hydrogens is 218 g/mol. The van der Waals surface area contributed by atoms with E-state index in [2.05, 4.69) is 23.9 Å². The Labute approximate surface area is 105 Å². The first kappa shape index (κ1) is 16.2. The average molecular weight is 245 g/mol. The van der Waals surface area contributed by atoms with Crippen molar-refractivity contribution in [3.05, 3.63) is 0 Å². The largest absolute Gasteiger partial charge is 0.409 e. The Morgan fingerprint density at radius 1 is 1.35 bits per heavy atom. The summed E-state index contributed by atoms with van der Waals surface area (Å²) in [5, 5.41) is 11.5. The lowest BCUT2D eigenvalue weighted by Crippen LogP contribution is -2.32. The highest BCUT2D eigenvalue weighted by Crippen LogP contribution is 2.03. The quantitative estimate of drug-likeness (QED) is 0.201. The van der Waals surface area contributed by atoms with Crippen LogP contribution in [-0.2, 0) is 4.74 Å². The number of amidine groups is 1. The molecule has 0 aromatic rings. The van der Waals surface area contributed by atoms with Crippen molar-refractivity contribution < 1.29 is 9.94 Å². The minimum Gasteiger partial charge on any atom is -0.409 e. The van der Waals surface area contributed by atoms with Gasteiger partial charge >= 0.3 is 0 Å². The van der Waals surface area contributed by atoms with E-state index in [0.717, 1.165) is 39.1 Å². The van der Waals surface area contributed by atoms with Gasteiger partial charge in [0.25, 0.3) is 0 Å². The fourth-order valence-electron chi connectivity index (χ4n) is 1.72. The zero-order valence-corrected chi connectivity index (χ0v) is 11.4. The Balaban J connectivity index is 3.87. The van der Waals surface area contributed by atoms with Crippen molar-refractivity contribution in [1.82, 2.24) is 4.90 Å². The van der Waals surface area contributed by atoms with Crippen LogP contribution in [0.3, 0.4) is 0 Å². The van der Waals surface area contributed by atoms with Gasteiger partial charge in [0, 0.05) is 33.2 Å². The van der Waals surface area contributed by atoms with Crippen molar-refractivity contribution in [2.45, 2.75) is 33.1 Å². The molecule has 0 spiro atoms. The van der Waals surface area contributed by atoms with E-state index in [0.29, 0.717) is 18.2 Å². The smallest absolute Gasteiger partial charge is 0.140 e. The third kappa shape index (κ3) is 10.1. The molecular formula is C12H27N3O2. The first-order valence-electron chi connectivity index (χ1n) is 6.27. The van der Waals surface area contributed by atoms with E-state index in [1.807, 2.05) is 0 Å². The van der Waals surface area contributed by atoms with E-state index < -0.39 is 0 Å². The Kier molecular flexibility index (Phi) is 9.86. The van der Waals surface area contributed by atoms with Crippen LogP contribution in [0, 0.1) is 5.92 Å². The maximum atomic E-state index is 8.50. The summed E-state index contributed by atoms with van der Waals surface area (Å²) in [7, 11) is 1.73. The molecule has 0 amide bonds. The van der Waals surface area contributed by atoms with E-state index >= 15 is 0 Å². The normalized spacial score (nSPS) is 12.6. The van der Waals surface area contributed by atoms with Crippen LogP contribution >= 0.6 is 0 Å². The summed E-state index contributed by atoms with van der Waals surface area (Å²) in [6, 6.07) is 0. The van der Waals surface area contributed by atoms with E-state index in [1.54, 1.807) is 7.11 Å². The van der Waals surface area contributed by atoms with E-state index in [1.165, 1.54) is 0 Å². The maximum absolute atomic E-state index is 8.50. The predicted octanol–water partition coefficient (Wildman–Crippen LogP) is 1.51. The molecule has 102 valence electrons. The fourth-order valence-corrected chi connectivity index (χ4v) is 1.72. The molecule has 0 aliphatic rings. The molecule has 5 heteroatoms. The molecule has 0 rings (SSSR count).